The lowest BCUT2D eigenvalue weighted by Gasteiger charge is -2.15. The predicted molar refractivity (Wildman–Crippen MR) is 68.4 cm³/mol. The van der Waals surface area contributed by atoms with Gasteiger partial charge in [0.05, 0.1) is 18.4 Å². The monoisotopic (exact) mass is 245 g/mol. The van der Waals surface area contributed by atoms with E-state index in [1.807, 2.05) is 25.1 Å². The fourth-order valence-electron chi connectivity index (χ4n) is 1.61. The number of carbonyl (C=O) groups excluding carboxylic acids is 1. The molecule has 2 heterocycles. The maximum Gasteiger partial charge on any atom is 0.255 e. The number of amides is 1. The van der Waals surface area contributed by atoms with Crippen molar-refractivity contribution in [3.05, 3.63) is 48.0 Å². The zero-order chi connectivity index (χ0) is 13.0. The minimum Gasteiger partial charge on any atom is -0.467 e. The van der Waals surface area contributed by atoms with Gasteiger partial charge in [-0.3, -0.25) is 4.79 Å². The molecule has 0 radical (unpaired) electrons. The first-order valence-electron chi connectivity index (χ1n) is 5.61. The molecule has 2 aromatic heterocycles. The molecule has 94 valence electrons. The lowest BCUT2D eigenvalue weighted by Crippen LogP contribution is -2.25. The van der Waals surface area contributed by atoms with Crippen LogP contribution in [-0.4, -0.2) is 25.0 Å². The Bertz CT molecular complexity index is 521. The normalized spacial score (nSPS) is 10.1. The lowest BCUT2D eigenvalue weighted by atomic mass is 10.2. The van der Waals surface area contributed by atoms with E-state index in [2.05, 4.69) is 10.3 Å². The van der Waals surface area contributed by atoms with Crippen LogP contribution in [0.2, 0.25) is 0 Å². The van der Waals surface area contributed by atoms with Gasteiger partial charge in [-0.15, -0.1) is 0 Å². The SMILES string of the molecule is CN(C)c1ncccc1C(=O)NCc1ccco1. The van der Waals surface area contributed by atoms with Crippen molar-refractivity contribution in [2.75, 3.05) is 19.0 Å². The Hall–Kier alpha value is -2.30. The highest BCUT2D eigenvalue weighted by Gasteiger charge is 2.13. The van der Waals surface area contributed by atoms with Crippen LogP contribution >= 0.6 is 0 Å². The molecule has 0 saturated carbocycles. The maximum absolute atomic E-state index is 12.0. The van der Waals surface area contributed by atoms with Gasteiger partial charge in [-0.1, -0.05) is 0 Å². The number of anilines is 1. The van der Waals surface area contributed by atoms with Crippen molar-refractivity contribution in [1.82, 2.24) is 10.3 Å². The van der Waals surface area contributed by atoms with Gasteiger partial charge in [0.1, 0.15) is 11.6 Å². The molecule has 0 aliphatic carbocycles. The standard InChI is InChI=1S/C13H15N3O2/c1-16(2)12-11(6-3-7-14-12)13(17)15-9-10-5-4-8-18-10/h3-8H,9H2,1-2H3,(H,15,17). The van der Waals surface area contributed by atoms with Crippen LogP contribution in [0.4, 0.5) is 5.82 Å². The van der Waals surface area contributed by atoms with Crippen LogP contribution in [0.1, 0.15) is 16.1 Å². The highest BCUT2D eigenvalue weighted by molar-refractivity contribution is 5.98. The van der Waals surface area contributed by atoms with Crippen molar-refractivity contribution in [1.29, 1.82) is 0 Å². The molecule has 0 bridgehead atoms. The lowest BCUT2D eigenvalue weighted by molar-refractivity contribution is 0.0948. The summed E-state index contributed by atoms with van der Waals surface area (Å²) < 4.78 is 5.16. The summed E-state index contributed by atoms with van der Waals surface area (Å²) in [6.45, 7) is 0.369. The number of rotatable bonds is 4. The topological polar surface area (TPSA) is 58.4 Å². The van der Waals surface area contributed by atoms with Crippen molar-refractivity contribution in [3.8, 4) is 0 Å². The molecule has 0 fully saturated rings. The quantitative estimate of drug-likeness (QED) is 0.890. The van der Waals surface area contributed by atoms with Gasteiger partial charge in [0.15, 0.2) is 0 Å². The average Bonchev–Trinajstić information content (AvgIpc) is 2.89. The average molecular weight is 245 g/mol. The molecule has 0 aliphatic rings. The molecule has 18 heavy (non-hydrogen) atoms. The molecule has 5 heteroatoms. The molecular formula is C13H15N3O2. The molecular weight excluding hydrogens is 230 g/mol. The van der Waals surface area contributed by atoms with Gasteiger partial charge in [0.2, 0.25) is 0 Å². The number of carbonyl (C=O) groups is 1. The van der Waals surface area contributed by atoms with Crippen molar-refractivity contribution >= 4 is 11.7 Å². The molecule has 2 aromatic rings. The van der Waals surface area contributed by atoms with E-state index in [9.17, 15) is 4.79 Å². The number of aromatic nitrogens is 1. The van der Waals surface area contributed by atoms with Crippen molar-refractivity contribution in [2.24, 2.45) is 0 Å². The number of hydrogen-bond donors (Lipinski definition) is 1. The van der Waals surface area contributed by atoms with E-state index in [0.29, 0.717) is 17.9 Å². The number of hydrogen-bond acceptors (Lipinski definition) is 4. The van der Waals surface area contributed by atoms with Crippen LogP contribution in [0.3, 0.4) is 0 Å². The first kappa shape index (κ1) is 12.2. The van der Waals surface area contributed by atoms with Crippen molar-refractivity contribution in [2.45, 2.75) is 6.54 Å². The summed E-state index contributed by atoms with van der Waals surface area (Å²) in [5, 5.41) is 2.80. The minimum absolute atomic E-state index is 0.164. The van der Waals surface area contributed by atoms with Crippen LogP contribution in [0.25, 0.3) is 0 Å². The summed E-state index contributed by atoms with van der Waals surface area (Å²) in [7, 11) is 3.71. The van der Waals surface area contributed by atoms with Gasteiger partial charge in [-0.2, -0.15) is 0 Å². The largest absolute Gasteiger partial charge is 0.467 e. The molecule has 0 atom stereocenters. The summed E-state index contributed by atoms with van der Waals surface area (Å²) in [6.07, 6.45) is 3.25. The Labute approximate surface area is 105 Å². The summed E-state index contributed by atoms with van der Waals surface area (Å²) in [4.78, 5) is 18.0. The second-order valence-corrected chi connectivity index (χ2v) is 4.03. The Morgan fingerprint density at radius 3 is 2.89 bits per heavy atom. The molecule has 1 amide bonds. The van der Waals surface area contributed by atoms with E-state index in [1.54, 1.807) is 30.7 Å². The van der Waals surface area contributed by atoms with E-state index in [4.69, 9.17) is 4.42 Å². The van der Waals surface area contributed by atoms with Crippen LogP contribution in [0, 0.1) is 0 Å². The number of nitrogens with zero attached hydrogens (tertiary/aromatic N) is 2. The number of furan rings is 1. The Kier molecular flexibility index (Phi) is 3.62. The summed E-state index contributed by atoms with van der Waals surface area (Å²) >= 11 is 0. The second-order valence-electron chi connectivity index (χ2n) is 4.03. The van der Waals surface area contributed by atoms with Gasteiger partial charge in [-0.25, -0.2) is 4.98 Å². The number of nitrogens with one attached hydrogen (secondary N) is 1. The Morgan fingerprint density at radius 2 is 2.22 bits per heavy atom. The second kappa shape index (κ2) is 5.35. The van der Waals surface area contributed by atoms with Crippen LogP contribution in [-0.2, 0) is 6.54 Å². The molecule has 0 unspecified atom stereocenters. The Morgan fingerprint density at radius 1 is 1.39 bits per heavy atom. The minimum atomic E-state index is -0.164. The van der Waals surface area contributed by atoms with E-state index in [1.165, 1.54) is 0 Å². The molecule has 5 nitrogen and oxygen atoms in total. The summed E-state index contributed by atoms with van der Waals surface area (Å²) in [5.74, 6) is 1.20. The fraction of sp³-hybridized carbons (Fsp3) is 0.231. The zero-order valence-electron chi connectivity index (χ0n) is 10.4. The van der Waals surface area contributed by atoms with Crippen LogP contribution in [0.15, 0.2) is 41.1 Å². The predicted octanol–water partition coefficient (Wildman–Crippen LogP) is 1.67. The Balaban J connectivity index is 2.09. The van der Waals surface area contributed by atoms with Gasteiger partial charge >= 0.3 is 0 Å². The molecule has 0 saturated heterocycles. The first-order valence-corrected chi connectivity index (χ1v) is 5.61. The fourth-order valence-corrected chi connectivity index (χ4v) is 1.61. The summed E-state index contributed by atoms with van der Waals surface area (Å²) in [6, 6.07) is 7.10. The summed E-state index contributed by atoms with van der Waals surface area (Å²) in [5.41, 5.74) is 0.550. The van der Waals surface area contributed by atoms with Crippen LogP contribution < -0.4 is 10.2 Å². The third-order valence-corrected chi connectivity index (χ3v) is 2.46. The third kappa shape index (κ3) is 2.68. The first-order chi connectivity index (χ1) is 8.68. The van der Waals surface area contributed by atoms with Crippen molar-refractivity contribution < 1.29 is 9.21 Å². The molecule has 0 spiro atoms. The maximum atomic E-state index is 12.0. The zero-order valence-corrected chi connectivity index (χ0v) is 10.4. The van der Waals surface area contributed by atoms with Gasteiger partial charge in [0, 0.05) is 20.3 Å². The van der Waals surface area contributed by atoms with Crippen LogP contribution in [0.5, 0.6) is 0 Å². The molecule has 0 aromatic carbocycles. The van der Waals surface area contributed by atoms with E-state index < -0.39 is 0 Å². The molecule has 0 aliphatic heterocycles. The van der Waals surface area contributed by atoms with E-state index >= 15 is 0 Å². The highest BCUT2D eigenvalue weighted by Crippen LogP contribution is 2.14. The van der Waals surface area contributed by atoms with Gasteiger partial charge in [0.25, 0.3) is 5.91 Å². The molecule has 2 rings (SSSR count). The highest BCUT2D eigenvalue weighted by atomic mass is 16.3. The van der Waals surface area contributed by atoms with Gasteiger partial charge < -0.3 is 14.6 Å². The van der Waals surface area contributed by atoms with Crippen molar-refractivity contribution in [3.63, 3.8) is 0 Å². The van der Waals surface area contributed by atoms with Gasteiger partial charge in [-0.05, 0) is 24.3 Å². The smallest absolute Gasteiger partial charge is 0.255 e. The van der Waals surface area contributed by atoms with E-state index in [-0.39, 0.29) is 5.91 Å². The molecule has 1 N–H and O–H groups in total. The number of pyridine rings is 1. The van der Waals surface area contributed by atoms with E-state index in [0.717, 1.165) is 5.76 Å². The third-order valence-electron chi connectivity index (χ3n) is 2.46.